The summed E-state index contributed by atoms with van der Waals surface area (Å²) >= 11 is 0. The molecule has 2 saturated heterocycles. The third kappa shape index (κ3) is 2.58. The number of rotatable bonds is 2. The van der Waals surface area contributed by atoms with Crippen LogP contribution in [0.2, 0.25) is 0 Å². The number of nitrogens with zero attached hydrogens (tertiary/aromatic N) is 4. The monoisotopic (exact) mass is 320 g/mol. The second-order valence-corrected chi connectivity index (χ2v) is 6.59. The Labute approximate surface area is 141 Å². The summed E-state index contributed by atoms with van der Waals surface area (Å²) in [6.07, 6.45) is 3.76. The number of fused-ring (bicyclic) bond motifs is 1. The van der Waals surface area contributed by atoms with Gasteiger partial charge in [0.25, 0.3) is 0 Å². The first-order valence-electron chi connectivity index (χ1n) is 8.60. The Morgan fingerprint density at radius 2 is 2.08 bits per heavy atom. The van der Waals surface area contributed by atoms with Gasteiger partial charge in [-0.25, -0.2) is 4.98 Å². The Hall–Kier alpha value is -2.61. The van der Waals surface area contributed by atoms with Gasteiger partial charge in [-0.15, -0.1) is 0 Å². The van der Waals surface area contributed by atoms with E-state index in [0.717, 1.165) is 55.6 Å². The maximum absolute atomic E-state index is 12.0. The van der Waals surface area contributed by atoms with E-state index in [9.17, 15) is 10.1 Å². The zero-order valence-corrected chi connectivity index (χ0v) is 13.6. The van der Waals surface area contributed by atoms with Crippen LogP contribution in [-0.4, -0.2) is 41.5 Å². The number of nitriles is 1. The second-order valence-electron chi connectivity index (χ2n) is 6.59. The Bertz CT molecular complexity index is 826. The topological polar surface area (TPSA) is 60.2 Å². The molecule has 1 aromatic heterocycles. The van der Waals surface area contributed by atoms with Crippen LogP contribution in [0.15, 0.2) is 30.3 Å². The molecule has 0 aliphatic carbocycles. The summed E-state index contributed by atoms with van der Waals surface area (Å²) in [5.41, 5.74) is 1.51. The van der Waals surface area contributed by atoms with Crippen molar-refractivity contribution in [2.45, 2.75) is 31.7 Å². The first-order valence-corrected chi connectivity index (χ1v) is 8.60. The summed E-state index contributed by atoms with van der Waals surface area (Å²) in [6, 6.07) is 12.2. The van der Waals surface area contributed by atoms with E-state index in [2.05, 4.69) is 11.0 Å². The number of aromatic nitrogens is 1. The van der Waals surface area contributed by atoms with Gasteiger partial charge < -0.3 is 9.80 Å². The number of carbonyl (C=O) groups is 1. The highest BCUT2D eigenvalue weighted by molar-refractivity contribution is 5.86. The fourth-order valence-electron chi connectivity index (χ4n) is 3.89. The average Bonchev–Trinajstić information content (AvgIpc) is 3.07. The fourth-order valence-corrected chi connectivity index (χ4v) is 3.89. The van der Waals surface area contributed by atoms with Crippen molar-refractivity contribution < 1.29 is 4.79 Å². The Morgan fingerprint density at radius 3 is 2.88 bits per heavy atom. The minimum Gasteiger partial charge on any atom is -0.354 e. The first-order chi connectivity index (χ1) is 11.8. The van der Waals surface area contributed by atoms with Crippen molar-refractivity contribution in [2.24, 2.45) is 0 Å². The molecule has 3 heterocycles. The maximum atomic E-state index is 12.0. The van der Waals surface area contributed by atoms with Gasteiger partial charge in [0.05, 0.1) is 17.1 Å². The van der Waals surface area contributed by atoms with Crippen molar-refractivity contribution in [2.75, 3.05) is 24.5 Å². The summed E-state index contributed by atoms with van der Waals surface area (Å²) in [7, 11) is 0. The molecule has 5 nitrogen and oxygen atoms in total. The number of piperidine rings is 1. The lowest BCUT2D eigenvalue weighted by molar-refractivity contribution is -0.129. The third-order valence-electron chi connectivity index (χ3n) is 5.09. The zero-order chi connectivity index (χ0) is 16.5. The minimum absolute atomic E-state index is 0.271. The summed E-state index contributed by atoms with van der Waals surface area (Å²) < 4.78 is 0. The molecule has 0 unspecified atom stereocenters. The van der Waals surface area contributed by atoms with Crippen molar-refractivity contribution in [3.63, 3.8) is 0 Å². The number of likely N-dealkylation sites (tertiary alicyclic amines) is 1. The largest absolute Gasteiger partial charge is 0.354 e. The van der Waals surface area contributed by atoms with Crippen molar-refractivity contribution >= 4 is 22.6 Å². The number of hydrogen-bond acceptors (Lipinski definition) is 4. The molecule has 1 amide bonds. The predicted molar refractivity (Wildman–Crippen MR) is 92.6 cm³/mol. The molecule has 0 N–H and O–H groups in total. The van der Waals surface area contributed by atoms with E-state index in [4.69, 9.17) is 4.98 Å². The summed E-state index contributed by atoms with van der Waals surface area (Å²) in [6.45, 7) is 2.61. The highest BCUT2D eigenvalue weighted by atomic mass is 16.2. The molecule has 1 atom stereocenters. The SMILES string of the molecule is N#Cc1cc(N2CCC[C@@H](N3CCCC3=O)C2)nc2ccccc12. The number of para-hydroxylation sites is 1. The van der Waals surface area contributed by atoms with Gasteiger partial charge in [0.2, 0.25) is 5.91 Å². The quantitative estimate of drug-likeness (QED) is 0.853. The Balaban J connectivity index is 1.64. The predicted octanol–water partition coefficient (Wildman–Crippen LogP) is 2.70. The van der Waals surface area contributed by atoms with Gasteiger partial charge in [-0.1, -0.05) is 18.2 Å². The molecule has 1 aromatic carbocycles. The molecule has 24 heavy (non-hydrogen) atoms. The molecule has 5 heteroatoms. The lowest BCUT2D eigenvalue weighted by Gasteiger charge is -2.38. The molecule has 2 aliphatic rings. The van der Waals surface area contributed by atoms with Crippen molar-refractivity contribution in [3.05, 3.63) is 35.9 Å². The van der Waals surface area contributed by atoms with Gasteiger partial charge in [0.1, 0.15) is 5.82 Å². The lowest BCUT2D eigenvalue weighted by Crippen LogP contribution is -2.48. The molecule has 2 fully saturated rings. The number of amides is 1. The van der Waals surface area contributed by atoms with E-state index in [0.29, 0.717) is 12.0 Å². The minimum atomic E-state index is 0.271. The zero-order valence-electron chi connectivity index (χ0n) is 13.6. The highest BCUT2D eigenvalue weighted by Gasteiger charge is 2.31. The van der Waals surface area contributed by atoms with Crippen LogP contribution in [0, 0.1) is 11.3 Å². The number of pyridine rings is 1. The summed E-state index contributed by atoms with van der Waals surface area (Å²) in [4.78, 5) is 21.1. The molecule has 0 spiro atoms. The molecule has 2 aliphatic heterocycles. The highest BCUT2D eigenvalue weighted by Crippen LogP contribution is 2.27. The molecular weight excluding hydrogens is 300 g/mol. The van der Waals surface area contributed by atoms with Crippen LogP contribution in [0.4, 0.5) is 5.82 Å². The van der Waals surface area contributed by atoms with Crippen LogP contribution in [0.5, 0.6) is 0 Å². The number of anilines is 1. The van der Waals surface area contributed by atoms with E-state index < -0.39 is 0 Å². The van der Waals surface area contributed by atoms with E-state index >= 15 is 0 Å². The van der Waals surface area contributed by atoms with Crippen LogP contribution >= 0.6 is 0 Å². The lowest BCUT2D eigenvalue weighted by atomic mass is 10.0. The van der Waals surface area contributed by atoms with Gasteiger partial charge in [-0.05, 0) is 31.4 Å². The standard InChI is InChI=1S/C19H20N4O/c20-12-14-11-18(21-17-7-2-1-6-16(14)17)22-9-3-5-15(13-22)23-10-4-8-19(23)24/h1-2,6-7,11,15H,3-5,8-10,13H2/t15-/m1/s1. The number of carbonyl (C=O) groups excluding carboxylic acids is 1. The van der Waals surface area contributed by atoms with Crippen LogP contribution in [-0.2, 0) is 4.79 Å². The molecule has 0 radical (unpaired) electrons. The van der Waals surface area contributed by atoms with Crippen LogP contribution in [0.3, 0.4) is 0 Å². The normalized spacial score (nSPS) is 21.3. The van der Waals surface area contributed by atoms with Crippen LogP contribution in [0.1, 0.15) is 31.2 Å². The number of benzene rings is 1. The summed E-state index contributed by atoms with van der Waals surface area (Å²) in [5, 5.41) is 10.4. The molecule has 0 saturated carbocycles. The van der Waals surface area contributed by atoms with Gasteiger partial charge >= 0.3 is 0 Å². The maximum Gasteiger partial charge on any atom is 0.222 e. The molecule has 4 rings (SSSR count). The van der Waals surface area contributed by atoms with E-state index in [1.165, 1.54) is 0 Å². The number of hydrogen-bond donors (Lipinski definition) is 0. The Morgan fingerprint density at radius 1 is 1.21 bits per heavy atom. The van der Waals surface area contributed by atoms with Crippen molar-refractivity contribution in [1.29, 1.82) is 5.26 Å². The molecule has 2 aromatic rings. The fraction of sp³-hybridized carbons (Fsp3) is 0.421. The van der Waals surface area contributed by atoms with Crippen LogP contribution < -0.4 is 4.90 Å². The molecule has 122 valence electrons. The summed E-state index contributed by atoms with van der Waals surface area (Å²) in [5.74, 6) is 1.13. The van der Waals surface area contributed by atoms with Crippen LogP contribution in [0.25, 0.3) is 10.9 Å². The van der Waals surface area contributed by atoms with E-state index in [1.807, 2.05) is 35.2 Å². The van der Waals surface area contributed by atoms with Crippen molar-refractivity contribution in [3.8, 4) is 6.07 Å². The van der Waals surface area contributed by atoms with Gasteiger partial charge in [-0.3, -0.25) is 4.79 Å². The second kappa shape index (κ2) is 6.12. The smallest absolute Gasteiger partial charge is 0.222 e. The Kier molecular flexibility index (Phi) is 3.81. The van der Waals surface area contributed by atoms with E-state index in [1.54, 1.807) is 0 Å². The van der Waals surface area contributed by atoms with E-state index in [-0.39, 0.29) is 11.9 Å². The van der Waals surface area contributed by atoms with Gasteiger partial charge in [0, 0.05) is 37.5 Å². The third-order valence-corrected chi connectivity index (χ3v) is 5.09. The first kappa shape index (κ1) is 14.9. The van der Waals surface area contributed by atoms with Gasteiger partial charge in [-0.2, -0.15) is 5.26 Å². The average molecular weight is 320 g/mol. The van der Waals surface area contributed by atoms with Crippen molar-refractivity contribution in [1.82, 2.24) is 9.88 Å². The molecular formula is C19H20N4O. The molecule has 0 bridgehead atoms. The van der Waals surface area contributed by atoms with Gasteiger partial charge in [0.15, 0.2) is 0 Å².